The van der Waals surface area contributed by atoms with Gasteiger partial charge in [0.25, 0.3) is 5.91 Å². The molecule has 2 fully saturated rings. The van der Waals surface area contributed by atoms with Gasteiger partial charge in [0.15, 0.2) is 0 Å². The minimum Gasteiger partial charge on any atom is -0.372 e. The third kappa shape index (κ3) is 2.86. The van der Waals surface area contributed by atoms with E-state index >= 15 is 0 Å². The maximum Gasteiger partial charge on any atom is 0.275 e. The Morgan fingerprint density at radius 2 is 2.22 bits per heavy atom. The lowest BCUT2D eigenvalue weighted by molar-refractivity contribution is -0.128. The number of aromatic nitrogens is 2. The number of imidazole rings is 1. The van der Waals surface area contributed by atoms with Crippen LogP contribution in [0.3, 0.4) is 0 Å². The largest absolute Gasteiger partial charge is 0.372 e. The molecular formula is C17H24N4O2. The van der Waals surface area contributed by atoms with Crippen LogP contribution in [-0.2, 0) is 4.74 Å². The van der Waals surface area contributed by atoms with E-state index in [1.807, 2.05) is 18.4 Å². The van der Waals surface area contributed by atoms with Gasteiger partial charge in [-0.3, -0.25) is 4.79 Å². The minimum absolute atomic E-state index is 0.163. The summed E-state index contributed by atoms with van der Waals surface area (Å²) in [6.07, 6.45) is 8.12. The van der Waals surface area contributed by atoms with Crippen molar-refractivity contribution in [3.05, 3.63) is 18.2 Å². The van der Waals surface area contributed by atoms with Gasteiger partial charge in [0.2, 0.25) is 0 Å². The van der Waals surface area contributed by atoms with Crippen LogP contribution in [0.2, 0.25) is 0 Å². The Bertz CT molecular complexity index is 605. The highest BCUT2D eigenvalue weighted by Gasteiger charge is 2.48. The first kappa shape index (κ1) is 16.0. The number of carbonyl (C=O) groups excluding carboxylic acids is 1. The molecule has 2 aliphatic heterocycles. The number of likely N-dealkylation sites (tertiary alicyclic amines) is 1. The Morgan fingerprint density at radius 3 is 2.83 bits per heavy atom. The summed E-state index contributed by atoms with van der Waals surface area (Å²) in [5, 5.41) is 9.72. The van der Waals surface area contributed by atoms with Crippen LogP contribution >= 0.6 is 0 Å². The van der Waals surface area contributed by atoms with Crippen molar-refractivity contribution in [3.63, 3.8) is 0 Å². The van der Waals surface area contributed by atoms with E-state index in [0.29, 0.717) is 18.8 Å². The predicted molar refractivity (Wildman–Crippen MR) is 84.8 cm³/mol. The summed E-state index contributed by atoms with van der Waals surface area (Å²) >= 11 is 0. The second-order valence-corrected chi connectivity index (χ2v) is 6.80. The van der Waals surface area contributed by atoms with E-state index in [1.165, 1.54) is 0 Å². The second kappa shape index (κ2) is 6.32. The molecule has 2 aliphatic rings. The molecule has 0 aromatic carbocycles. The summed E-state index contributed by atoms with van der Waals surface area (Å²) in [5.41, 5.74) is -0.0755. The molecule has 2 atom stereocenters. The molecule has 3 rings (SSSR count). The van der Waals surface area contributed by atoms with Crippen LogP contribution < -0.4 is 0 Å². The number of piperidine rings is 1. The van der Waals surface area contributed by atoms with Gasteiger partial charge in [0.05, 0.1) is 12.4 Å². The number of rotatable bonds is 2. The van der Waals surface area contributed by atoms with Crippen LogP contribution in [0, 0.1) is 11.3 Å². The van der Waals surface area contributed by atoms with Crippen LogP contribution in [-0.4, -0.2) is 45.2 Å². The molecule has 6 nitrogen and oxygen atoms in total. The average Bonchev–Trinajstić information content (AvgIpc) is 3.05. The molecule has 124 valence electrons. The molecule has 6 heteroatoms. The summed E-state index contributed by atoms with van der Waals surface area (Å²) in [5.74, 6) is -0.163. The maximum absolute atomic E-state index is 12.9. The van der Waals surface area contributed by atoms with E-state index in [4.69, 9.17) is 4.74 Å². The number of hydrogen-bond donors (Lipinski definition) is 0. The smallest absolute Gasteiger partial charge is 0.275 e. The molecular weight excluding hydrogens is 292 g/mol. The molecule has 23 heavy (non-hydrogen) atoms. The monoisotopic (exact) mass is 316 g/mol. The predicted octanol–water partition coefficient (Wildman–Crippen LogP) is 2.53. The van der Waals surface area contributed by atoms with Crippen molar-refractivity contribution in [2.45, 2.75) is 63.6 Å². The van der Waals surface area contributed by atoms with Gasteiger partial charge in [-0.2, -0.15) is 5.26 Å². The van der Waals surface area contributed by atoms with Crippen molar-refractivity contribution in [2.75, 3.05) is 13.2 Å². The van der Waals surface area contributed by atoms with Gasteiger partial charge < -0.3 is 14.2 Å². The molecule has 1 spiro atoms. The van der Waals surface area contributed by atoms with E-state index in [9.17, 15) is 10.1 Å². The van der Waals surface area contributed by atoms with E-state index in [1.54, 1.807) is 17.4 Å². The normalized spacial score (nSPS) is 28.1. The molecule has 2 saturated heterocycles. The first-order chi connectivity index (χ1) is 11.1. The molecule has 0 bridgehead atoms. The summed E-state index contributed by atoms with van der Waals surface area (Å²) in [7, 11) is 0. The van der Waals surface area contributed by atoms with Crippen LogP contribution in [0.1, 0.15) is 62.5 Å². The lowest BCUT2D eigenvalue weighted by Gasteiger charge is -2.48. The first-order valence-corrected chi connectivity index (χ1v) is 8.45. The Hall–Kier alpha value is -1.87. The zero-order valence-electron chi connectivity index (χ0n) is 13.9. The molecule has 1 aromatic rings. The third-order valence-corrected chi connectivity index (χ3v) is 4.99. The fourth-order valence-corrected chi connectivity index (χ4v) is 3.67. The topological polar surface area (TPSA) is 71.2 Å². The number of nitriles is 1. The van der Waals surface area contributed by atoms with Crippen LogP contribution in [0.25, 0.3) is 0 Å². The summed E-state index contributed by atoms with van der Waals surface area (Å²) in [6, 6.07) is 2.07. The van der Waals surface area contributed by atoms with Gasteiger partial charge in [-0.05, 0) is 46.0 Å². The molecule has 1 amide bonds. The highest BCUT2D eigenvalue weighted by Crippen LogP contribution is 2.38. The number of carbonyl (C=O) groups is 1. The maximum atomic E-state index is 12.9. The highest BCUT2D eigenvalue weighted by atomic mass is 16.5. The van der Waals surface area contributed by atoms with Crippen molar-refractivity contribution in [2.24, 2.45) is 0 Å². The Kier molecular flexibility index (Phi) is 4.40. The van der Waals surface area contributed by atoms with E-state index in [-0.39, 0.29) is 11.9 Å². The first-order valence-electron chi connectivity index (χ1n) is 8.45. The SMILES string of the molecule is CC(C)n1cnc(C(=O)N2CCCC3(CCCCO3)C2C#N)c1. The van der Waals surface area contributed by atoms with Crippen LogP contribution in [0.15, 0.2) is 12.5 Å². The van der Waals surface area contributed by atoms with Gasteiger partial charge in [-0.25, -0.2) is 4.98 Å². The summed E-state index contributed by atoms with van der Waals surface area (Å²) in [4.78, 5) is 18.8. The molecule has 0 radical (unpaired) electrons. The fourth-order valence-electron chi connectivity index (χ4n) is 3.67. The van der Waals surface area contributed by atoms with Gasteiger partial charge in [-0.1, -0.05) is 0 Å². The highest BCUT2D eigenvalue weighted by molar-refractivity contribution is 5.92. The van der Waals surface area contributed by atoms with Gasteiger partial charge in [0, 0.05) is 25.4 Å². The van der Waals surface area contributed by atoms with Crippen molar-refractivity contribution in [1.29, 1.82) is 5.26 Å². The number of nitrogens with zero attached hydrogens (tertiary/aromatic N) is 4. The van der Waals surface area contributed by atoms with Crippen molar-refractivity contribution < 1.29 is 9.53 Å². The lowest BCUT2D eigenvalue weighted by atomic mass is 9.79. The van der Waals surface area contributed by atoms with Gasteiger partial charge in [-0.15, -0.1) is 0 Å². The molecule has 0 saturated carbocycles. The zero-order chi connectivity index (χ0) is 16.4. The van der Waals surface area contributed by atoms with Crippen molar-refractivity contribution in [1.82, 2.24) is 14.5 Å². The quantitative estimate of drug-likeness (QED) is 0.840. The molecule has 0 N–H and O–H groups in total. The third-order valence-electron chi connectivity index (χ3n) is 4.99. The zero-order valence-corrected chi connectivity index (χ0v) is 13.9. The van der Waals surface area contributed by atoms with Crippen molar-refractivity contribution >= 4 is 5.91 Å². The molecule has 2 unspecified atom stereocenters. The van der Waals surface area contributed by atoms with E-state index in [2.05, 4.69) is 11.1 Å². The van der Waals surface area contributed by atoms with E-state index < -0.39 is 11.6 Å². The Labute approximate surface area is 137 Å². The Morgan fingerprint density at radius 1 is 1.43 bits per heavy atom. The van der Waals surface area contributed by atoms with Crippen molar-refractivity contribution in [3.8, 4) is 6.07 Å². The molecule has 0 aliphatic carbocycles. The molecule has 3 heterocycles. The summed E-state index contributed by atoms with van der Waals surface area (Å²) in [6.45, 7) is 5.36. The minimum atomic E-state index is -0.520. The lowest BCUT2D eigenvalue weighted by Crippen LogP contribution is -2.60. The van der Waals surface area contributed by atoms with Crippen LogP contribution in [0.5, 0.6) is 0 Å². The average molecular weight is 316 g/mol. The van der Waals surface area contributed by atoms with Gasteiger partial charge in [0.1, 0.15) is 17.3 Å². The number of amides is 1. The summed E-state index contributed by atoms with van der Waals surface area (Å²) < 4.78 is 7.94. The van der Waals surface area contributed by atoms with Crippen LogP contribution in [0.4, 0.5) is 0 Å². The molecule has 1 aromatic heterocycles. The number of ether oxygens (including phenoxy) is 1. The number of hydrogen-bond acceptors (Lipinski definition) is 4. The van der Waals surface area contributed by atoms with Gasteiger partial charge >= 0.3 is 0 Å². The van der Waals surface area contributed by atoms with E-state index in [0.717, 1.165) is 32.1 Å². The standard InChI is InChI=1S/C17H24N4O2/c1-13(2)20-11-14(19-12-20)16(22)21-8-5-7-17(15(21)10-18)6-3-4-9-23-17/h11-13,15H,3-9H2,1-2H3. The second-order valence-electron chi connectivity index (χ2n) is 6.80. The fraction of sp³-hybridized carbons (Fsp3) is 0.706. The Balaban J connectivity index is 1.85.